The summed E-state index contributed by atoms with van der Waals surface area (Å²) in [6.07, 6.45) is 0.894. The van der Waals surface area contributed by atoms with Crippen molar-refractivity contribution in [2.75, 3.05) is 11.5 Å². The van der Waals surface area contributed by atoms with E-state index in [4.69, 9.17) is 9.47 Å². The number of rotatable bonds is 8. The highest BCUT2D eigenvalue weighted by Gasteiger charge is 2.19. The molecule has 1 aromatic carbocycles. The Kier molecular flexibility index (Phi) is 6.85. The van der Waals surface area contributed by atoms with Gasteiger partial charge in [0.25, 0.3) is 0 Å². The first kappa shape index (κ1) is 18.8. The number of esters is 1. The average Bonchev–Trinajstić information content (AvgIpc) is 3.06. The van der Waals surface area contributed by atoms with E-state index < -0.39 is 12.1 Å². The molecule has 1 aromatic heterocycles. The maximum absolute atomic E-state index is 12.0. The topological polar surface area (TPSA) is 68.7 Å². The van der Waals surface area contributed by atoms with Gasteiger partial charge in [0, 0.05) is 12.3 Å². The van der Waals surface area contributed by atoms with Crippen molar-refractivity contribution in [2.45, 2.75) is 26.6 Å². The third-order valence-corrected chi connectivity index (χ3v) is 4.09. The number of nitrogens with zero attached hydrogens (tertiary/aromatic N) is 2. The molecule has 1 unspecified atom stereocenters. The van der Waals surface area contributed by atoms with Gasteiger partial charge in [-0.25, -0.2) is 9.78 Å². The second-order valence-corrected chi connectivity index (χ2v) is 6.02. The van der Waals surface area contributed by atoms with Crippen molar-refractivity contribution in [2.24, 2.45) is 0 Å². The normalized spacial score (nSPS) is 11.6. The van der Waals surface area contributed by atoms with Crippen LogP contribution in [0, 0.1) is 0 Å². The largest absolute Gasteiger partial charge is 0.457 e. The van der Waals surface area contributed by atoms with Crippen molar-refractivity contribution in [3.63, 3.8) is 0 Å². The first-order valence-corrected chi connectivity index (χ1v) is 8.60. The van der Waals surface area contributed by atoms with Crippen molar-refractivity contribution < 1.29 is 19.1 Å². The Bertz CT molecular complexity index is 730. The smallest absolute Gasteiger partial charge is 0.335 e. The number of hydrogen-bond donors (Lipinski definition) is 0. The Morgan fingerprint density at radius 1 is 1.36 bits per heavy atom. The van der Waals surface area contributed by atoms with Crippen molar-refractivity contribution in [1.82, 2.24) is 4.98 Å². The molecule has 0 saturated heterocycles. The Balaban J connectivity index is 2.02. The molecule has 0 fully saturated rings. The van der Waals surface area contributed by atoms with Crippen LogP contribution in [0.2, 0.25) is 0 Å². The fourth-order valence-electron chi connectivity index (χ4n) is 2.01. The molecule has 2 rings (SSSR count). The summed E-state index contributed by atoms with van der Waals surface area (Å²) in [5.41, 5.74) is 1.31. The van der Waals surface area contributed by atoms with Gasteiger partial charge < -0.3 is 9.47 Å². The monoisotopic (exact) mass is 360 g/mol. The van der Waals surface area contributed by atoms with Gasteiger partial charge in [0.1, 0.15) is 6.61 Å². The quantitative estimate of drug-likeness (QED) is 0.533. The van der Waals surface area contributed by atoms with E-state index in [0.29, 0.717) is 10.8 Å². The molecule has 1 amide bonds. The van der Waals surface area contributed by atoms with E-state index in [1.54, 1.807) is 18.4 Å². The summed E-state index contributed by atoms with van der Waals surface area (Å²) in [7, 11) is 0. The Morgan fingerprint density at radius 2 is 2.08 bits per heavy atom. The van der Waals surface area contributed by atoms with Crippen LogP contribution < -0.4 is 4.90 Å². The average molecular weight is 360 g/mol. The zero-order valence-electron chi connectivity index (χ0n) is 14.2. The number of carbonyl (C=O) groups is 2. The van der Waals surface area contributed by atoms with Crippen molar-refractivity contribution in [3.05, 3.63) is 54.1 Å². The summed E-state index contributed by atoms with van der Waals surface area (Å²) < 4.78 is 10.4. The Labute approximate surface area is 150 Å². The lowest BCUT2D eigenvalue weighted by Crippen LogP contribution is -2.23. The number of benzene rings is 1. The first-order valence-electron chi connectivity index (χ1n) is 7.72. The van der Waals surface area contributed by atoms with Crippen LogP contribution in [0.3, 0.4) is 0 Å². The zero-order chi connectivity index (χ0) is 18.2. The molecular formula is C18H20N2O4S. The van der Waals surface area contributed by atoms with Gasteiger partial charge in [-0.1, -0.05) is 24.3 Å². The Morgan fingerprint density at radius 3 is 2.72 bits per heavy atom. The lowest BCUT2D eigenvalue weighted by atomic mass is 10.3. The van der Waals surface area contributed by atoms with Gasteiger partial charge in [0.15, 0.2) is 11.2 Å². The molecule has 0 aliphatic heterocycles. The minimum atomic E-state index is -0.672. The number of thiazole rings is 1. The summed E-state index contributed by atoms with van der Waals surface area (Å²) in [6.45, 7) is 6.93. The molecule has 0 radical (unpaired) electrons. The van der Waals surface area contributed by atoms with Crippen molar-refractivity contribution in [3.8, 4) is 0 Å². The van der Waals surface area contributed by atoms with E-state index in [1.807, 2.05) is 30.3 Å². The third kappa shape index (κ3) is 5.23. The number of aromatic nitrogens is 1. The molecule has 132 valence electrons. The van der Waals surface area contributed by atoms with Crippen molar-refractivity contribution in [1.29, 1.82) is 0 Å². The molecule has 0 bridgehead atoms. The summed E-state index contributed by atoms with van der Waals surface area (Å²) in [6, 6.07) is 9.25. The molecule has 0 aliphatic rings. The molecular weight excluding hydrogens is 340 g/mol. The summed E-state index contributed by atoms with van der Waals surface area (Å²) in [5, 5.41) is 2.29. The zero-order valence-corrected chi connectivity index (χ0v) is 15.0. The molecule has 0 spiro atoms. The van der Waals surface area contributed by atoms with Gasteiger partial charge in [-0.05, 0) is 19.1 Å². The van der Waals surface area contributed by atoms with Gasteiger partial charge in [0.2, 0.25) is 5.91 Å². The van der Waals surface area contributed by atoms with E-state index >= 15 is 0 Å². The minimum Gasteiger partial charge on any atom is -0.457 e. The minimum absolute atomic E-state index is 0.0255. The highest BCUT2D eigenvalue weighted by molar-refractivity contribution is 7.14. The van der Waals surface area contributed by atoms with Crippen LogP contribution in [0.5, 0.6) is 0 Å². The van der Waals surface area contributed by atoms with Crippen LogP contribution in [0.15, 0.2) is 48.4 Å². The fourth-order valence-corrected chi connectivity index (χ4v) is 2.88. The number of ether oxygens (including phenoxy) is 2. The molecule has 2 aromatic rings. The van der Waals surface area contributed by atoms with E-state index in [9.17, 15) is 9.59 Å². The summed E-state index contributed by atoms with van der Waals surface area (Å²) in [4.78, 5) is 29.7. The maximum atomic E-state index is 12.0. The fraction of sp³-hybridized carbons (Fsp3) is 0.278. The van der Waals surface area contributed by atoms with Crippen LogP contribution >= 0.6 is 11.3 Å². The van der Waals surface area contributed by atoms with Gasteiger partial charge in [0.05, 0.1) is 18.0 Å². The standard InChI is InChI=1S/C18H20N2O4S/c1-4-10-23-13(2)17(22)24-11-15-12-25-18(19-15)20(14(3)21)16-8-6-5-7-9-16/h4-9,12-13H,1,10-11H2,2-3H3. The third-order valence-electron chi connectivity index (χ3n) is 3.22. The highest BCUT2D eigenvalue weighted by Crippen LogP contribution is 2.28. The van der Waals surface area contributed by atoms with Crippen LogP contribution in [-0.2, 0) is 25.7 Å². The van der Waals surface area contributed by atoms with E-state index in [1.165, 1.54) is 23.2 Å². The molecule has 1 atom stereocenters. The van der Waals surface area contributed by atoms with Crippen LogP contribution in [0.25, 0.3) is 0 Å². The number of hydrogen-bond acceptors (Lipinski definition) is 6. The summed E-state index contributed by atoms with van der Waals surface area (Å²) in [5.74, 6) is -0.613. The van der Waals surface area contributed by atoms with E-state index in [-0.39, 0.29) is 19.1 Å². The van der Waals surface area contributed by atoms with E-state index in [2.05, 4.69) is 11.6 Å². The number of carbonyl (C=O) groups excluding carboxylic acids is 2. The Hall–Kier alpha value is -2.51. The van der Waals surface area contributed by atoms with Gasteiger partial charge in [-0.2, -0.15) is 0 Å². The summed E-state index contributed by atoms with van der Waals surface area (Å²) >= 11 is 1.31. The SMILES string of the molecule is C=CCOC(C)C(=O)OCc1csc(N(C(C)=O)c2ccccc2)n1. The van der Waals surface area contributed by atoms with Gasteiger partial charge in [-0.3, -0.25) is 9.69 Å². The second-order valence-electron chi connectivity index (χ2n) is 5.18. The second kappa shape index (κ2) is 9.10. The number of anilines is 2. The number of amides is 1. The van der Waals surface area contributed by atoms with Gasteiger partial charge >= 0.3 is 5.97 Å². The molecule has 0 aliphatic carbocycles. The van der Waals surface area contributed by atoms with Crippen LogP contribution in [-0.4, -0.2) is 29.6 Å². The highest BCUT2D eigenvalue weighted by atomic mass is 32.1. The molecule has 0 saturated carbocycles. The predicted octanol–water partition coefficient (Wildman–Crippen LogP) is 3.46. The molecule has 6 nitrogen and oxygen atoms in total. The predicted molar refractivity (Wildman–Crippen MR) is 96.8 cm³/mol. The molecule has 7 heteroatoms. The van der Waals surface area contributed by atoms with E-state index in [0.717, 1.165) is 5.69 Å². The first-order chi connectivity index (χ1) is 12.0. The maximum Gasteiger partial charge on any atom is 0.335 e. The lowest BCUT2D eigenvalue weighted by Gasteiger charge is -2.17. The van der Waals surface area contributed by atoms with Gasteiger partial charge in [-0.15, -0.1) is 17.9 Å². The van der Waals surface area contributed by atoms with Crippen LogP contribution in [0.4, 0.5) is 10.8 Å². The molecule has 0 N–H and O–H groups in total. The van der Waals surface area contributed by atoms with Crippen LogP contribution in [0.1, 0.15) is 19.5 Å². The lowest BCUT2D eigenvalue weighted by molar-refractivity contribution is -0.156. The van der Waals surface area contributed by atoms with Crippen molar-refractivity contribution >= 4 is 34.0 Å². The molecule has 25 heavy (non-hydrogen) atoms. The number of para-hydroxylation sites is 1. The molecule has 1 heterocycles.